The molecule has 0 saturated carbocycles. The zero-order valence-corrected chi connectivity index (χ0v) is 7.57. The number of nitrogens with one attached hydrogen (secondary N) is 1. The zero-order valence-electron chi connectivity index (χ0n) is 7.57. The maximum absolute atomic E-state index is 10.6. The number of nitrogen functional groups attached to an aromatic ring is 1. The minimum atomic E-state index is 0.237. The highest BCUT2D eigenvalue weighted by molar-refractivity contribution is 5.97. The lowest BCUT2D eigenvalue weighted by Gasteiger charge is -1.95. The standard InChI is InChI=1S/C9H9N3O2/c1-11-8-7(4-13)14-6-2-5(10)3-12-9(6)8/h2-4,11H,10H2,1H3. The van der Waals surface area contributed by atoms with Gasteiger partial charge < -0.3 is 15.5 Å². The van der Waals surface area contributed by atoms with Gasteiger partial charge in [0.1, 0.15) is 11.2 Å². The fourth-order valence-corrected chi connectivity index (χ4v) is 1.34. The first-order valence-corrected chi connectivity index (χ1v) is 4.07. The van der Waals surface area contributed by atoms with E-state index in [4.69, 9.17) is 10.2 Å². The number of rotatable bonds is 2. The van der Waals surface area contributed by atoms with E-state index in [9.17, 15) is 4.79 Å². The average Bonchev–Trinajstić information content (AvgIpc) is 2.54. The molecule has 14 heavy (non-hydrogen) atoms. The molecular formula is C9H9N3O2. The maximum atomic E-state index is 10.6. The molecule has 72 valence electrons. The molecule has 0 saturated heterocycles. The van der Waals surface area contributed by atoms with E-state index in [0.717, 1.165) is 0 Å². The van der Waals surface area contributed by atoms with Crippen molar-refractivity contribution in [2.24, 2.45) is 0 Å². The molecule has 5 nitrogen and oxygen atoms in total. The van der Waals surface area contributed by atoms with Crippen LogP contribution in [0.4, 0.5) is 11.4 Å². The van der Waals surface area contributed by atoms with Gasteiger partial charge in [0, 0.05) is 13.1 Å². The summed E-state index contributed by atoms with van der Waals surface area (Å²) in [6, 6.07) is 1.64. The van der Waals surface area contributed by atoms with Crippen molar-refractivity contribution in [2.75, 3.05) is 18.1 Å². The number of furan rings is 1. The SMILES string of the molecule is CNc1c(C=O)oc2cc(N)cnc12. The molecule has 2 aromatic heterocycles. The van der Waals surface area contributed by atoms with E-state index < -0.39 is 0 Å². The Morgan fingerprint density at radius 2 is 2.43 bits per heavy atom. The zero-order chi connectivity index (χ0) is 10.1. The highest BCUT2D eigenvalue weighted by Gasteiger charge is 2.13. The van der Waals surface area contributed by atoms with Crippen LogP contribution in [-0.2, 0) is 0 Å². The molecule has 0 unspecified atom stereocenters. The Bertz CT molecular complexity index is 490. The van der Waals surface area contributed by atoms with Crippen LogP contribution in [0, 0.1) is 0 Å². The van der Waals surface area contributed by atoms with Crippen LogP contribution < -0.4 is 11.1 Å². The van der Waals surface area contributed by atoms with Gasteiger partial charge in [-0.3, -0.25) is 4.79 Å². The number of pyridine rings is 1. The van der Waals surface area contributed by atoms with Gasteiger partial charge in [0.05, 0.1) is 11.9 Å². The quantitative estimate of drug-likeness (QED) is 0.698. The molecule has 0 amide bonds. The number of hydrogen-bond acceptors (Lipinski definition) is 5. The normalized spacial score (nSPS) is 10.4. The third kappa shape index (κ3) is 1.10. The van der Waals surface area contributed by atoms with E-state index in [1.54, 1.807) is 13.1 Å². The summed E-state index contributed by atoms with van der Waals surface area (Å²) < 4.78 is 5.25. The summed E-state index contributed by atoms with van der Waals surface area (Å²) in [5, 5.41) is 2.86. The highest BCUT2D eigenvalue weighted by Crippen LogP contribution is 2.28. The van der Waals surface area contributed by atoms with Gasteiger partial charge in [-0.25, -0.2) is 4.98 Å². The van der Waals surface area contributed by atoms with Crippen LogP contribution in [0.1, 0.15) is 10.6 Å². The van der Waals surface area contributed by atoms with Crippen molar-refractivity contribution < 1.29 is 9.21 Å². The van der Waals surface area contributed by atoms with Gasteiger partial charge >= 0.3 is 0 Å². The third-order valence-electron chi connectivity index (χ3n) is 1.93. The minimum Gasteiger partial charge on any atom is -0.449 e. The second-order valence-corrected chi connectivity index (χ2v) is 2.82. The number of nitrogens with zero attached hydrogens (tertiary/aromatic N) is 1. The second kappa shape index (κ2) is 3.02. The summed E-state index contributed by atoms with van der Waals surface area (Å²) in [6.45, 7) is 0. The number of anilines is 2. The maximum Gasteiger partial charge on any atom is 0.192 e. The van der Waals surface area contributed by atoms with E-state index in [1.165, 1.54) is 6.20 Å². The lowest BCUT2D eigenvalue weighted by molar-refractivity contribution is 0.110. The highest BCUT2D eigenvalue weighted by atomic mass is 16.3. The smallest absolute Gasteiger partial charge is 0.192 e. The second-order valence-electron chi connectivity index (χ2n) is 2.82. The van der Waals surface area contributed by atoms with E-state index in [0.29, 0.717) is 28.8 Å². The van der Waals surface area contributed by atoms with Crippen LogP contribution in [0.2, 0.25) is 0 Å². The van der Waals surface area contributed by atoms with Gasteiger partial charge in [-0.15, -0.1) is 0 Å². The van der Waals surface area contributed by atoms with Crippen LogP contribution >= 0.6 is 0 Å². The predicted molar refractivity (Wildman–Crippen MR) is 53.4 cm³/mol. The largest absolute Gasteiger partial charge is 0.449 e. The number of carbonyl (C=O) groups excluding carboxylic acids is 1. The van der Waals surface area contributed by atoms with Crippen molar-refractivity contribution in [1.82, 2.24) is 4.98 Å². The molecule has 0 aliphatic heterocycles. The molecule has 0 aromatic carbocycles. The predicted octanol–water partition coefficient (Wildman–Crippen LogP) is 1.26. The van der Waals surface area contributed by atoms with Gasteiger partial charge in [0.2, 0.25) is 0 Å². The Morgan fingerprint density at radius 3 is 3.07 bits per heavy atom. The van der Waals surface area contributed by atoms with Crippen molar-refractivity contribution in [3.05, 3.63) is 18.0 Å². The topological polar surface area (TPSA) is 81.2 Å². The molecule has 2 rings (SSSR count). The number of aldehydes is 1. The number of aromatic nitrogens is 1. The van der Waals surface area contributed by atoms with Crippen molar-refractivity contribution in [3.8, 4) is 0 Å². The Hall–Kier alpha value is -2.04. The van der Waals surface area contributed by atoms with Gasteiger partial charge in [-0.1, -0.05) is 0 Å². The lowest BCUT2D eigenvalue weighted by Crippen LogP contribution is -1.91. The van der Waals surface area contributed by atoms with E-state index in [-0.39, 0.29) is 5.76 Å². The summed E-state index contributed by atoms with van der Waals surface area (Å²) in [7, 11) is 1.70. The Balaban J connectivity index is 2.79. The summed E-state index contributed by atoms with van der Waals surface area (Å²) >= 11 is 0. The molecule has 0 aliphatic rings. The fourth-order valence-electron chi connectivity index (χ4n) is 1.34. The molecular weight excluding hydrogens is 182 g/mol. The van der Waals surface area contributed by atoms with Crippen molar-refractivity contribution in [3.63, 3.8) is 0 Å². The summed E-state index contributed by atoms with van der Waals surface area (Å²) in [5.74, 6) is 0.237. The van der Waals surface area contributed by atoms with Gasteiger partial charge in [-0.05, 0) is 0 Å². The van der Waals surface area contributed by atoms with Gasteiger partial charge in [0.25, 0.3) is 0 Å². The monoisotopic (exact) mass is 191 g/mol. The molecule has 0 bridgehead atoms. The fraction of sp³-hybridized carbons (Fsp3) is 0.111. The minimum absolute atomic E-state index is 0.237. The van der Waals surface area contributed by atoms with E-state index >= 15 is 0 Å². The first-order valence-electron chi connectivity index (χ1n) is 4.07. The molecule has 0 atom stereocenters. The van der Waals surface area contributed by atoms with Crippen LogP contribution in [0.3, 0.4) is 0 Å². The van der Waals surface area contributed by atoms with Crippen molar-refractivity contribution >= 4 is 28.8 Å². The molecule has 2 heterocycles. The molecule has 0 aliphatic carbocycles. The molecule has 0 spiro atoms. The summed E-state index contributed by atoms with van der Waals surface area (Å²) in [6.07, 6.45) is 2.16. The Labute approximate surface area is 79.9 Å². The number of nitrogens with two attached hydrogens (primary N) is 1. The van der Waals surface area contributed by atoms with Gasteiger partial charge in [-0.2, -0.15) is 0 Å². The molecule has 0 fully saturated rings. The summed E-state index contributed by atoms with van der Waals surface area (Å²) in [4.78, 5) is 14.7. The molecule has 2 aromatic rings. The van der Waals surface area contributed by atoms with Crippen LogP contribution in [0.15, 0.2) is 16.7 Å². The van der Waals surface area contributed by atoms with Crippen LogP contribution in [-0.4, -0.2) is 18.3 Å². The molecule has 0 radical (unpaired) electrons. The van der Waals surface area contributed by atoms with Crippen molar-refractivity contribution in [2.45, 2.75) is 0 Å². The Morgan fingerprint density at radius 1 is 1.64 bits per heavy atom. The van der Waals surface area contributed by atoms with E-state index in [2.05, 4.69) is 10.3 Å². The van der Waals surface area contributed by atoms with Gasteiger partial charge in [0.15, 0.2) is 17.6 Å². The molecule has 5 heteroatoms. The van der Waals surface area contributed by atoms with Crippen molar-refractivity contribution in [1.29, 1.82) is 0 Å². The Kier molecular flexibility index (Phi) is 1.85. The first-order chi connectivity index (χ1) is 6.76. The lowest BCUT2D eigenvalue weighted by atomic mass is 10.3. The first kappa shape index (κ1) is 8.55. The van der Waals surface area contributed by atoms with Crippen LogP contribution in [0.25, 0.3) is 11.1 Å². The number of fused-ring (bicyclic) bond motifs is 1. The third-order valence-corrected chi connectivity index (χ3v) is 1.93. The summed E-state index contributed by atoms with van der Waals surface area (Å²) in [5.41, 5.74) is 7.76. The van der Waals surface area contributed by atoms with E-state index in [1.807, 2.05) is 0 Å². The average molecular weight is 191 g/mol. The number of hydrogen-bond donors (Lipinski definition) is 2. The number of carbonyl (C=O) groups is 1. The van der Waals surface area contributed by atoms with Crippen LogP contribution in [0.5, 0.6) is 0 Å². The molecule has 3 N–H and O–H groups in total.